The van der Waals surface area contributed by atoms with E-state index in [1.165, 1.54) is 36.1 Å². The molecule has 0 N–H and O–H groups in total. The van der Waals surface area contributed by atoms with Crippen LogP contribution in [-0.2, 0) is 15.8 Å². The minimum atomic E-state index is -2.57. The van der Waals surface area contributed by atoms with Gasteiger partial charge in [-0.3, -0.25) is 0 Å². The summed E-state index contributed by atoms with van der Waals surface area (Å²) >= 11 is 0. The lowest BCUT2D eigenvalue weighted by atomic mass is 10.2. The number of methoxy groups -OCH3 is 1. The monoisotopic (exact) mass is 397 g/mol. The summed E-state index contributed by atoms with van der Waals surface area (Å²) in [6, 6.07) is 5.49. The van der Waals surface area contributed by atoms with Crippen molar-refractivity contribution in [3.05, 3.63) is 41.2 Å². The van der Waals surface area contributed by atoms with E-state index in [9.17, 15) is 13.6 Å². The van der Waals surface area contributed by atoms with E-state index in [2.05, 4.69) is 44.2 Å². The largest absolute Gasteiger partial charge is 0.464 e. The maximum absolute atomic E-state index is 12.8. The number of hydrogen-bond acceptors (Lipinski definition) is 5. The highest BCUT2D eigenvalue weighted by atomic mass is 28.4. The van der Waals surface area contributed by atoms with Crippen LogP contribution in [0, 0.1) is 0 Å². The Hall–Kier alpha value is -2.13. The van der Waals surface area contributed by atoms with E-state index in [-0.39, 0.29) is 22.9 Å². The van der Waals surface area contributed by atoms with E-state index in [0.29, 0.717) is 11.4 Å². The van der Waals surface area contributed by atoms with Crippen molar-refractivity contribution >= 4 is 14.3 Å². The number of benzene rings is 1. The number of nitrogens with zero attached hydrogens (tertiary/aromatic N) is 3. The fraction of sp³-hybridized carbons (Fsp3) is 0.500. The first-order valence-electron chi connectivity index (χ1n) is 8.53. The summed E-state index contributed by atoms with van der Waals surface area (Å²) in [4.78, 5) is 12.3. The summed E-state index contributed by atoms with van der Waals surface area (Å²) in [6.07, 6.45) is -2.57. The number of carbonyl (C=O) groups excluding carboxylic acids is 1. The zero-order valence-corrected chi connectivity index (χ0v) is 17.4. The molecule has 0 amide bonds. The number of aromatic nitrogens is 3. The minimum absolute atomic E-state index is 0.000471. The van der Waals surface area contributed by atoms with Crippen LogP contribution in [0.1, 0.15) is 48.9 Å². The number of hydrogen-bond donors (Lipinski definition) is 0. The summed E-state index contributed by atoms with van der Waals surface area (Å²) in [5.41, 5.74) is 0.802. The molecule has 1 aromatic carbocycles. The molecule has 1 aromatic heterocycles. The van der Waals surface area contributed by atoms with Gasteiger partial charge in [-0.05, 0) is 30.3 Å². The molecule has 2 aromatic rings. The Labute approximate surface area is 158 Å². The molecule has 27 heavy (non-hydrogen) atoms. The van der Waals surface area contributed by atoms with Gasteiger partial charge in [-0.25, -0.2) is 18.3 Å². The third-order valence-electron chi connectivity index (χ3n) is 4.88. The molecule has 6 nitrogen and oxygen atoms in total. The third kappa shape index (κ3) is 4.59. The zero-order valence-electron chi connectivity index (χ0n) is 16.4. The van der Waals surface area contributed by atoms with Crippen molar-refractivity contribution in [1.82, 2.24) is 15.0 Å². The Morgan fingerprint density at radius 3 is 2.30 bits per heavy atom. The molecule has 0 atom stereocenters. The Balaban J connectivity index is 2.37. The second kappa shape index (κ2) is 7.85. The number of esters is 1. The van der Waals surface area contributed by atoms with Gasteiger partial charge in [-0.15, -0.1) is 5.10 Å². The molecule has 2 rings (SSSR count). The summed E-state index contributed by atoms with van der Waals surface area (Å²) in [7, 11) is -0.796. The molecule has 148 valence electrons. The smallest absolute Gasteiger partial charge is 0.358 e. The van der Waals surface area contributed by atoms with Gasteiger partial charge in [0.1, 0.15) is 5.69 Å². The first-order valence-corrected chi connectivity index (χ1v) is 11.4. The van der Waals surface area contributed by atoms with Crippen LogP contribution in [0.3, 0.4) is 0 Å². The molecule has 0 radical (unpaired) electrons. The molecule has 0 spiro atoms. The first kappa shape index (κ1) is 21.2. The van der Waals surface area contributed by atoms with Gasteiger partial charge in [0.15, 0.2) is 14.0 Å². The molecule has 0 aliphatic carbocycles. The van der Waals surface area contributed by atoms with Crippen LogP contribution in [0.25, 0.3) is 5.69 Å². The summed E-state index contributed by atoms with van der Waals surface area (Å²) in [5.74, 6) is -0.619. The molecule has 9 heteroatoms. The lowest BCUT2D eigenvalue weighted by Gasteiger charge is -2.35. The lowest BCUT2D eigenvalue weighted by Crippen LogP contribution is -2.40. The van der Waals surface area contributed by atoms with Crippen LogP contribution in [0.5, 0.6) is 0 Å². The molecule has 0 bridgehead atoms. The highest BCUT2D eigenvalue weighted by molar-refractivity contribution is 6.74. The van der Waals surface area contributed by atoms with Gasteiger partial charge in [0, 0.05) is 5.56 Å². The Morgan fingerprint density at radius 1 is 1.22 bits per heavy atom. The van der Waals surface area contributed by atoms with Crippen molar-refractivity contribution in [3.8, 4) is 5.69 Å². The average molecular weight is 397 g/mol. The van der Waals surface area contributed by atoms with Gasteiger partial charge in [-0.1, -0.05) is 38.1 Å². The summed E-state index contributed by atoms with van der Waals surface area (Å²) < 4.78 is 37.8. The lowest BCUT2D eigenvalue weighted by molar-refractivity contribution is 0.0587. The van der Waals surface area contributed by atoms with Crippen molar-refractivity contribution in [1.29, 1.82) is 0 Å². The summed E-state index contributed by atoms with van der Waals surface area (Å²) in [6.45, 7) is 10.7. The van der Waals surface area contributed by atoms with E-state index in [0.717, 1.165) is 0 Å². The minimum Gasteiger partial charge on any atom is -0.464 e. The van der Waals surface area contributed by atoms with Crippen molar-refractivity contribution < 1.29 is 22.7 Å². The number of rotatable bonds is 6. The van der Waals surface area contributed by atoms with Crippen LogP contribution in [0.15, 0.2) is 24.3 Å². The zero-order chi connectivity index (χ0) is 20.4. The second-order valence-electron chi connectivity index (χ2n) is 7.73. The normalized spacial score (nSPS) is 12.5. The van der Waals surface area contributed by atoms with E-state index >= 15 is 0 Å². The van der Waals surface area contributed by atoms with Crippen LogP contribution >= 0.6 is 0 Å². The number of carbonyl (C=O) groups is 1. The number of alkyl halides is 2. The SMILES string of the molecule is COC(=O)c1c(CO[Si](C)(C)C(C)(C)C)nnn1-c1ccc(C(F)F)cc1. The molecule has 0 saturated carbocycles. The van der Waals surface area contributed by atoms with Crippen LogP contribution < -0.4 is 0 Å². The van der Waals surface area contributed by atoms with Gasteiger partial charge in [0.25, 0.3) is 6.43 Å². The first-order chi connectivity index (χ1) is 12.5. The number of ether oxygens (including phenoxy) is 1. The van der Waals surface area contributed by atoms with E-state index in [1.807, 2.05) is 0 Å². The third-order valence-corrected chi connectivity index (χ3v) is 9.36. The predicted molar refractivity (Wildman–Crippen MR) is 99.6 cm³/mol. The fourth-order valence-electron chi connectivity index (χ4n) is 2.12. The molecule has 1 heterocycles. The maximum atomic E-state index is 12.8. The molecule has 0 fully saturated rings. The van der Waals surface area contributed by atoms with Crippen molar-refractivity contribution in [3.63, 3.8) is 0 Å². The molecule has 0 aliphatic heterocycles. The van der Waals surface area contributed by atoms with Gasteiger partial charge in [0.05, 0.1) is 19.4 Å². The van der Waals surface area contributed by atoms with Crippen LogP contribution in [-0.4, -0.2) is 36.4 Å². The van der Waals surface area contributed by atoms with Crippen LogP contribution in [0.4, 0.5) is 8.78 Å². The van der Waals surface area contributed by atoms with Gasteiger partial charge < -0.3 is 9.16 Å². The van der Waals surface area contributed by atoms with Gasteiger partial charge in [-0.2, -0.15) is 0 Å². The number of halogens is 2. The standard InChI is InChI=1S/C18H25F2N3O3Si/c1-18(2,3)27(5,6)26-11-14-15(17(24)25-4)23(22-21-14)13-9-7-12(8-10-13)16(19)20/h7-10,16H,11H2,1-6H3. The van der Waals surface area contributed by atoms with E-state index in [4.69, 9.17) is 9.16 Å². The summed E-state index contributed by atoms with van der Waals surface area (Å²) in [5, 5.41) is 8.07. The van der Waals surface area contributed by atoms with E-state index < -0.39 is 20.7 Å². The fourth-order valence-corrected chi connectivity index (χ4v) is 3.05. The Bertz CT molecular complexity index is 799. The molecule has 0 unspecified atom stereocenters. The quantitative estimate of drug-likeness (QED) is 0.530. The highest BCUT2D eigenvalue weighted by Crippen LogP contribution is 2.37. The molecular formula is C18H25F2N3O3Si. The molecular weight excluding hydrogens is 372 g/mol. The van der Waals surface area contributed by atoms with E-state index in [1.54, 1.807) is 0 Å². The van der Waals surface area contributed by atoms with Crippen molar-refractivity contribution in [2.24, 2.45) is 0 Å². The van der Waals surface area contributed by atoms with Gasteiger partial charge >= 0.3 is 5.97 Å². The maximum Gasteiger partial charge on any atom is 0.358 e. The van der Waals surface area contributed by atoms with Gasteiger partial charge in [0.2, 0.25) is 0 Å². The molecule has 0 aliphatic rings. The Kier molecular flexibility index (Phi) is 6.16. The average Bonchev–Trinajstić information content (AvgIpc) is 3.02. The Morgan fingerprint density at radius 2 is 1.81 bits per heavy atom. The van der Waals surface area contributed by atoms with Crippen molar-refractivity contribution in [2.75, 3.05) is 7.11 Å². The topological polar surface area (TPSA) is 66.2 Å². The molecule has 0 saturated heterocycles. The highest BCUT2D eigenvalue weighted by Gasteiger charge is 2.38. The predicted octanol–water partition coefficient (Wildman–Crippen LogP) is 4.51. The van der Waals surface area contributed by atoms with Crippen molar-refractivity contribution in [2.45, 2.75) is 51.9 Å². The van der Waals surface area contributed by atoms with Crippen LogP contribution in [0.2, 0.25) is 18.1 Å². The second-order valence-corrected chi connectivity index (χ2v) is 12.5.